The number of amides is 1. The Morgan fingerprint density at radius 1 is 1.33 bits per heavy atom. The van der Waals surface area contributed by atoms with E-state index in [0.29, 0.717) is 10.2 Å². The van der Waals surface area contributed by atoms with E-state index < -0.39 is 0 Å². The molecule has 1 N–H and O–H groups in total. The summed E-state index contributed by atoms with van der Waals surface area (Å²) < 4.78 is 0.702. The molecule has 0 aromatic carbocycles. The van der Waals surface area contributed by atoms with Crippen LogP contribution < -0.4 is 5.32 Å². The first-order valence-corrected chi connectivity index (χ1v) is 7.41. The zero-order valence-corrected chi connectivity index (χ0v) is 13.0. The van der Waals surface area contributed by atoms with Crippen LogP contribution in [0.2, 0.25) is 0 Å². The van der Waals surface area contributed by atoms with Crippen LogP contribution in [-0.2, 0) is 0 Å². The number of nitrogens with one attached hydrogen (secondary N) is 1. The lowest BCUT2D eigenvalue weighted by Gasteiger charge is -2.35. The minimum atomic E-state index is -0.190. The highest BCUT2D eigenvalue weighted by molar-refractivity contribution is 9.10. The smallest absolute Gasteiger partial charge is 0.257 e. The molecule has 0 saturated heterocycles. The summed E-state index contributed by atoms with van der Waals surface area (Å²) >= 11 is 3.26. The molecular weight excluding hydrogens is 330 g/mol. The second-order valence-electron chi connectivity index (χ2n) is 5.23. The van der Waals surface area contributed by atoms with Gasteiger partial charge in [-0.05, 0) is 40.2 Å². The molecule has 21 heavy (non-hydrogen) atoms. The molecule has 2 aliphatic rings. The molecule has 5 heteroatoms. The quantitative estimate of drug-likeness (QED) is 0.839. The molecule has 0 fully saturated rings. The molecule has 1 aromatic rings. The van der Waals surface area contributed by atoms with E-state index in [-0.39, 0.29) is 17.4 Å². The van der Waals surface area contributed by atoms with E-state index in [1.54, 1.807) is 24.5 Å². The monoisotopic (exact) mass is 343 g/mol. The minimum absolute atomic E-state index is 0.0974. The van der Waals surface area contributed by atoms with Crippen LogP contribution in [0.5, 0.6) is 0 Å². The normalized spacial score (nSPS) is 26.2. The van der Waals surface area contributed by atoms with Gasteiger partial charge in [-0.1, -0.05) is 25.2 Å². The van der Waals surface area contributed by atoms with Gasteiger partial charge in [-0.15, -0.1) is 0 Å². The molecule has 0 radical (unpaired) electrons. The Morgan fingerprint density at radius 3 is 2.90 bits per heavy atom. The maximum Gasteiger partial charge on any atom is 0.257 e. The van der Waals surface area contributed by atoms with Crippen LogP contribution in [0.25, 0.3) is 0 Å². The number of fused-ring (bicyclic) bond motifs is 1. The van der Waals surface area contributed by atoms with Gasteiger partial charge in [-0.2, -0.15) is 0 Å². The van der Waals surface area contributed by atoms with E-state index in [1.165, 1.54) is 0 Å². The fraction of sp³-hybridized carbons (Fsp3) is 0.188. The van der Waals surface area contributed by atoms with Crippen molar-refractivity contribution in [2.24, 2.45) is 10.4 Å². The standard InChI is InChI=1S/C16H14BrN3O/c1-16-7-2-4-12(14(16)18-9-3-8-16)20-15(21)11-5-6-13(17)19-10-11/h2-10,14H,1H3,(H,20,21). The number of aromatic nitrogens is 1. The van der Waals surface area contributed by atoms with Crippen molar-refractivity contribution in [1.29, 1.82) is 0 Å². The SMILES string of the molecule is CC12C=CC=NC1C(NC(=O)c1ccc(Br)nc1)=CC=C2. The fourth-order valence-corrected chi connectivity index (χ4v) is 2.71. The Hall–Kier alpha value is -2.01. The summed E-state index contributed by atoms with van der Waals surface area (Å²) in [7, 11) is 0. The van der Waals surface area contributed by atoms with Crippen LogP contribution in [0, 0.1) is 5.41 Å². The molecule has 0 spiro atoms. The fourth-order valence-electron chi connectivity index (χ4n) is 2.47. The van der Waals surface area contributed by atoms with Crippen LogP contribution in [0.4, 0.5) is 0 Å². The summed E-state index contributed by atoms with van der Waals surface area (Å²) in [5.74, 6) is -0.177. The molecule has 106 valence electrons. The average molecular weight is 344 g/mol. The molecule has 2 unspecified atom stereocenters. The number of pyridine rings is 1. The highest BCUT2D eigenvalue weighted by atomic mass is 79.9. The topological polar surface area (TPSA) is 54.4 Å². The van der Waals surface area contributed by atoms with Crippen molar-refractivity contribution >= 4 is 28.1 Å². The van der Waals surface area contributed by atoms with Crippen LogP contribution in [0.15, 0.2) is 64.0 Å². The molecule has 4 nitrogen and oxygen atoms in total. The van der Waals surface area contributed by atoms with Gasteiger partial charge in [0.15, 0.2) is 0 Å². The number of nitrogens with zero attached hydrogens (tertiary/aromatic N) is 2. The number of halogens is 1. The van der Waals surface area contributed by atoms with Crippen molar-refractivity contribution in [2.75, 3.05) is 0 Å². The Kier molecular flexibility index (Phi) is 3.59. The lowest BCUT2D eigenvalue weighted by Crippen LogP contribution is -2.39. The largest absolute Gasteiger partial charge is 0.323 e. The maximum atomic E-state index is 12.3. The van der Waals surface area contributed by atoms with Gasteiger partial charge in [0.25, 0.3) is 5.91 Å². The zero-order valence-electron chi connectivity index (χ0n) is 11.5. The third-order valence-corrected chi connectivity index (χ3v) is 4.11. The molecule has 2 atom stereocenters. The summed E-state index contributed by atoms with van der Waals surface area (Å²) in [5.41, 5.74) is 1.13. The number of aliphatic imine (C=N–C) groups is 1. The van der Waals surface area contributed by atoms with E-state index in [1.807, 2.05) is 18.2 Å². The van der Waals surface area contributed by atoms with E-state index in [4.69, 9.17) is 0 Å². The van der Waals surface area contributed by atoms with Crippen molar-refractivity contribution < 1.29 is 4.79 Å². The first-order chi connectivity index (χ1) is 10.1. The van der Waals surface area contributed by atoms with Crippen molar-refractivity contribution in [1.82, 2.24) is 10.3 Å². The summed E-state index contributed by atoms with van der Waals surface area (Å²) in [4.78, 5) is 20.9. The first kappa shape index (κ1) is 13.9. The first-order valence-electron chi connectivity index (χ1n) is 6.62. The molecule has 0 saturated carbocycles. The summed E-state index contributed by atoms with van der Waals surface area (Å²) in [6, 6.07) is 3.38. The number of allylic oxidation sites excluding steroid dienone is 3. The van der Waals surface area contributed by atoms with Gasteiger partial charge in [0.1, 0.15) is 10.6 Å². The Balaban J connectivity index is 1.81. The Morgan fingerprint density at radius 2 is 2.14 bits per heavy atom. The van der Waals surface area contributed by atoms with Gasteiger partial charge in [0.2, 0.25) is 0 Å². The number of dihydropyridines is 1. The van der Waals surface area contributed by atoms with E-state index in [0.717, 1.165) is 5.70 Å². The molecule has 1 amide bonds. The highest BCUT2D eigenvalue weighted by Crippen LogP contribution is 2.36. The molecule has 0 bridgehead atoms. The third kappa shape index (κ3) is 2.74. The van der Waals surface area contributed by atoms with Gasteiger partial charge in [0.05, 0.1) is 5.56 Å². The Bertz CT molecular complexity index is 688. The second-order valence-corrected chi connectivity index (χ2v) is 6.04. The molecular formula is C16H14BrN3O. The van der Waals surface area contributed by atoms with E-state index >= 15 is 0 Å². The number of carbonyl (C=O) groups excluding carboxylic acids is 1. The zero-order chi connectivity index (χ0) is 14.9. The van der Waals surface area contributed by atoms with Crippen molar-refractivity contribution in [3.8, 4) is 0 Å². The number of hydrogen-bond acceptors (Lipinski definition) is 3. The second kappa shape index (κ2) is 5.41. The van der Waals surface area contributed by atoms with Crippen LogP contribution in [-0.4, -0.2) is 23.1 Å². The molecule has 1 aliphatic carbocycles. The van der Waals surface area contributed by atoms with Gasteiger partial charge in [-0.25, -0.2) is 4.98 Å². The van der Waals surface area contributed by atoms with Gasteiger partial charge in [0, 0.05) is 23.5 Å². The van der Waals surface area contributed by atoms with Crippen LogP contribution in [0.3, 0.4) is 0 Å². The third-order valence-electron chi connectivity index (χ3n) is 3.64. The lowest BCUT2D eigenvalue weighted by molar-refractivity contribution is 0.0961. The molecule has 1 aromatic heterocycles. The van der Waals surface area contributed by atoms with Crippen molar-refractivity contribution in [2.45, 2.75) is 13.0 Å². The van der Waals surface area contributed by atoms with Crippen LogP contribution in [0.1, 0.15) is 17.3 Å². The van der Waals surface area contributed by atoms with Crippen molar-refractivity contribution in [3.63, 3.8) is 0 Å². The average Bonchev–Trinajstić information content (AvgIpc) is 2.47. The predicted molar refractivity (Wildman–Crippen MR) is 86.2 cm³/mol. The minimum Gasteiger partial charge on any atom is -0.323 e. The van der Waals surface area contributed by atoms with E-state index in [9.17, 15) is 4.79 Å². The Labute approximate surface area is 131 Å². The predicted octanol–water partition coefficient (Wildman–Crippen LogP) is 3.04. The van der Waals surface area contributed by atoms with Gasteiger partial charge < -0.3 is 5.32 Å². The number of hydrogen-bond donors (Lipinski definition) is 1. The number of carbonyl (C=O) groups is 1. The summed E-state index contributed by atoms with van der Waals surface area (Å²) in [6.45, 7) is 2.10. The van der Waals surface area contributed by atoms with Gasteiger partial charge in [-0.3, -0.25) is 9.79 Å². The lowest BCUT2D eigenvalue weighted by atomic mass is 9.76. The van der Waals surface area contributed by atoms with Crippen molar-refractivity contribution in [3.05, 3.63) is 64.6 Å². The number of rotatable bonds is 2. The molecule has 2 heterocycles. The van der Waals surface area contributed by atoms with Gasteiger partial charge >= 0.3 is 0 Å². The highest BCUT2D eigenvalue weighted by Gasteiger charge is 2.35. The van der Waals surface area contributed by atoms with Crippen LogP contribution >= 0.6 is 15.9 Å². The summed E-state index contributed by atoms with van der Waals surface area (Å²) in [6.07, 6.45) is 13.3. The maximum absolute atomic E-state index is 12.3. The molecule has 3 rings (SSSR count). The van der Waals surface area contributed by atoms with E-state index in [2.05, 4.69) is 50.3 Å². The molecule has 1 aliphatic heterocycles. The summed E-state index contributed by atoms with van der Waals surface area (Å²) in [5, 5.41) is 2.95.